The molecule has 0 aliphatic heterocycles. The van der Waals surface area contributed by atoms with Crippen LogP contribution in [0.25, 0.3) is 10.8 Å². The summed E-state index contributed by atoms with van der Waals surface area (Å²) >= 11 is 0. The predicted octanol–water partition coefficient (Wildman–Crippen LogP) is 8.31. The van der Waals surface area contributed by atoms with Gasteiger partial charge in [0.2, 0.25) is 0 Å². The van der Waals surface area contributed by atoms with Crippen LogP contribution < -0.4 is 0 Å². The van der Waals surface area contributed by atoms with Crippen LogP contribution in [0, 0.1) is 35.2 Å². The van der Waals surface area contributed by atoms with Gasteiger partial charge in [-0.2, -0.15) is 0 Å². The molecule has 2 nitrogen and oxygen atoms in total. The lowest BCUT2D eigenvalue weighted by Gasteiger charge is -2.42. The average Bonchev–Trinajstić information content (AvgIpc) is 2.83. The van der Waals surface area contributed by atoms with E-state index < -0.39 is 28.8 Å². The van der Waals surface area contributed by atoms with Crippen LogP contribution in [0.3, 0.4) is 0 Å². The van der Waals surface area contributed by atoms with Crippen LogP contribution in [0.1, 0.15) is 99.4 Å². The maximum absolute atomic E-state index is 15.1. The predicted molar refractivity (Wildman–Crippen MR) is 125 cm³/mol. The first-order chi connectivity index (χ1) is 15.9. The topological polar surface area (TPSA) is 26.3 Å². The Bertz CT molecular complexity index is 1000. The van der Waals surface area contributed by atoms with Crippen LogP contribution in [-0.2, 0) is 4.74 Å². The number of ether oxygens (including phenoxy) is 1. The molecule has 2 aliphatic rings. The van der Waals surface area contributed by atoms with Crippen molar-refractivity contribution in [1.82, 2.24) is 0 Å². The van der Waals surface area contributed by atoms with Gasteiger partial charge in [-0.15, -0.1) is 0 Å². The van der Waals surface area contributed by atoms with Crippen molar-refractivity contribution in [3.05, 3.63) is 46.8 Å². The molecule has 0 saturated heterocycles. The van der Waals surface area contributed by atoms with Crippen molar-refractivity contribution in [3.63, 3.8) is 0 Å². The number of halogens is 3. The summed E-state index contributed by atoms with van der Waals surface area (Å²) in [5, 5.41) is -0.191. The van der Waals surface area contributed by atoms with Gasteiger partial charge in [0.1, 0.15) is 5.82 Å². The molecule has 0 aromatic heterocycles. The second-order valence-electron chi connectivity index (χ2n) is 10.2. The molecular weight excluding hydrogens is 425 g/mol. The molecule has 4 rings (SSSR count). The summed E-state index contributed by atoms with van der Waals surface area (Å²) in [5.74, 6) is -2.12. The minimum absolute atomic E-state index is 0.0467. The Morgan fingerprint density at radius 2 is 1.70 bits per heavy atom. The van der Waals surface area contributed by atoms with Gasteiger partial charge in [0.25, 0.3) is 0 Å². The third-order valence-electron chi connectivity index (χ3n) is 8.18. The van der Waals surface area contributed by atoms with Crippen molar-refractivity contribution in [2.24, 2.45) is 17.8 Å². The van der Waals surface area contributed by atoms with Crippen molar-refractivity contribution in [2.45, 2.75) is 83.5 Å². The fraction of sp³-hybridized carbons (Fsp3) is 0.607. The van der Waals surface area contributed by atoms with E-state index in [1.165, 1.54) is 63.5 Å². The molecule has 2 unspecified atom stereocenters. The molecule has 33 heavy (non-hydrogen) atoms. The normalized spacial score (nSPS) is 25.1. The van der Waals surface area contributed by atoms with E-state index in [-0.39, 0.29) is 16.9 Å². The molecule has 0 bridgehead atoms. The van der Waals surface area contributed by atoms with Crippen molar-refractivity contribution < 1.29 is 22.7 Å². The number of fused-ring (bicyclic) bond motifs is 2. The zero-order chi connectivity index (χ0) is 23.5. The molecule has 0 N–H and O–H groups in total. The molecule has 2 saturated carbocycles. The van der Waals surface area contributed by atoms with Crippen LogP contribution in [0.15, 0.2) is 18.2 Å². The fourth-order valence-electron chi connectivity index (χ4n) is 6.36. The molecule has 0 heterocycles. The molecule has 0 amide bonds. The third kappa shape index (κ3) is 4.93. The summed E-state index contributed by atoms with van der Waals surface area (Å²) in [6.45, 7) is 2.24. The van der Waals surface area contributed by atoms with Crippen LogP contribution in [-0.4, -0.2) is 13.1 Å². The van der Waals surface area contributed by atoms with Crippen LogP contribution in [0.5, 0.6) is 0 Å². The van der Waals surface area contributed by atoms with Gasteiger partial charge >= 0.3 is 5.97 Å². The van der Waals surface area contributed by atoms with E-state index in [9.17, 15) is 9.18 Å². The summed E-state index contributed by atoms with van der Waals surface area (Å²) < 4.78 is 49.5. The van der Waals surface area contributed by atoms with Crippen molar-refractivity contribution >= 4 is 16.7 Å². The summed E-state index contributed by atoms with van der Waals surface area (Å²) in [6, 6.07) is 4.34. The van der Waals surface area contributed by atoms with E-state index in [4.69, 9.17) is 0 Å². The van der Waals surface area contributed by atoms with E-state index >= 15 is 8.78 Å². The Balaban J connectivity index is 1.49. The molecule has 2 aromatic rings. The monoisotopic (exact) mass is 460 g/mol. The van der Waals surface area contributed by atoms with E-state index in [1.54, 1.807) is 6.07 Å². The van der Waals surface area contributed by atoms with Crippen molar-refractivity contribution in [2.75, 3.05) is 7.11 Å². The van der Waals surface area contributed by atoms with Gasteiger partial charge in [-0.3, -0.25) is 0 Å². The number of unbranched alkanes of at least 4 members (excludes halogenated alkanes) is 3. The molecular formula is C28H35F3O2. The zero-order valence-electron chi connectivity index (χ0n) is 19.8. The Labute approximate surface area is 194 Å². The lowest BCUT2D eigenvalue weighted by Crippen LogP contribution is -2.30. The van der Waals surface area contributed by atoms with E-state index in [0.717, 1.165) is 32.3 Å². The highest BCUT2D eigenvalue weighted by Gasteiger charge is 2.37. The molecule has 5 heteroatoms. The molecule has 4 atom stereocenters. The lowest BCUT2D eigenvalue weighted by molar-refractivity contribution is 0.0596. The molecule has 2 aliphatic carbocycles. The maximum Gasteiger partial charge on any atom is 0.340 e. The van der Waals surface area contributed by atoms with Gasteiger partial charge in [0.05, 0.1) is 18.1 Å². The summed E-state index contributed by atoms with van der Waals surface area (Å²) in [5.41, 5.74) is -0.0339. The number of rotatable bonds is 7. The smallest absolute Gasteiger partial charge is 0.340 e. The minimum atomic E-state index is -1.20. The van der Waals surface area contributed by atoms with Crippen LogP contribution >= 0.6 is 0 Å². The van der Waals surface area contributed by atoms with Crippen LogP contribution in [0.4, 0.5) is 13.2 Å². The highest BCUT2D eigenvalue weighted by atomic mass is 19.2. The zero-order valence-corrected chi connectivity index (χ0v) is 19.8. The van der Waals surface area contributed by atoms with Gasteiger partial charge in [0.15, 0.2) is 11.6 Å². The number of hydrogen-bond donors (Lipinski definition) is 0. The van der Waals surface area contributed by atoms with E-state index in [2.05, 4.69) is 11.7 Å². The molecule has 0 spiro atoms. The molecule has 2 aromatic carbocycles. The largest absolute Gasteiger partial charge is 0.465 e. The Morgan fingerprint density at radius 3 is 2.45 bits per heavy atom. The molecule has 2 fully saturated rings. The molecule has 0 radical (unpaired) electrons. The van der Waals surface area contributed by atoms with Crippen molar-refractivity contribution in [1.29, 1.82) is 0 Å². The van der Waals surface area contributed by atoms with Gasteiger partial charge < -0.3 is 4.74 Å². The van der Waals surface area contributed by atoms with Gasteiger partial charge in [0, 0.05) is 0 Å². The first kappa shape index (κ1) is 24.1. The molecule has 180 valence electrons. The SMILES string of the molecule is CCCCCCC1CC[C@@H]2CC(c3cc4ccc(C(=O)OC)c(F)c4c(F)c3F)CC[C@H]2C1. The second kappa shape index (κ2) is 10.5. The van der Waals surface area contributed by atoms with E-state index in [1.807, 2.05) is 0 Å². The van der Waals surface area contributed by atoms with E-state index in [0.29, 0.717) is 17.4 Å². The highest BCUT2D eigenvalue weighted by Crippen LogP contribution is 2.49. The summed E-state index contributed by atoms with van der Waals surface area (Å²) in [6.07, 6.45) is 13.0. The number of carbonyl (C=O) groups is 1. The average molecular weight is 461 g/mol. The second-order valence-corrected chi connectivity index (χ2v) is 10.2. The number of carbonyl (C=O) groups excluding carboxylic acids is 1. The number of methoxy groups -OCH3 is 1. The fourth-order valence-corrected chi connectivity index (χ4v) is 6.36. The van der Waals surface area contributed by atoms with Crippen molar-refractivity contribution in [3.8, 4) is 0 Å². The van der Waals surface area contributed by atoms with Gasteiger partial charge in [-0.05, 0) is 78.9 Å². The van der Waals surface area contributed by atoms with Gasteiger partial charge in [-0.1, -0.05) is 51.5 Å². The Kier molecular flexibility index (Phi) is 7.65. The quantitative estimate of drug-likeness (QED) is 0.307. The number of hydrogen-bond acceptors (Lipinski definition) is 2. The van der Waals surface area contributed by atoms with Gasteiger partial charge in [-0.25, -0.2) is 18.0 Å². The highest BCUT2D eigenvalue weighted by molar-refractivity contribution is 5.96. The summed E-state index contributed by atoms with van der Waals surface area (Å²) in [7, 11) is 1.13. The maximum atomic E-state index is 15.1. The Hall–Kier alpha value is -2.04. The minimum Gasteiger partial charge on any atom is -0.465 e. The van der Waals surface area contributed by atoms with Crippen LogP contribution in [0.2, 0.25) is 0 Å². The first-order valence-electron chi connectivity index (χ1n) is 12.6. The Morgan fingerprint density at radius 1 is 0.939 bits per heavy atom. The third-order valence-corrected chi connectivity index (χ3v) is 8.18. The lowest BCUT2D eigenvalue weighted by atomic mass is 9.63. The number of benzene rings is 2. The summed E-state index contributed by atoms with van der Waals surface area (Å²) in [4.78, 5) is 11.8. The standard InChI is InChI=1S/C28H35F3O2/c1-3-4-5-6-7-17-8-9-19-15-20(11-10-18(19)14-17)23-16-21-12-13-22(28(32)33-2)25(29)24(21)27(31)26(23)30/h12-13,16-20H,3-11,14-15H2,1-2H3/t17?,18-,19+,20?/m0/s1. The number of esters is 1. The first-order valence-corrected chi connectivity index (χ1v) is 12.6.